The molecule has 2 aromatic rings. The van der Waals surface area contributed by atoms with Gasteiger partial charge in [0.2, 0.25) is 5.91 Å². The van der Waals surface area contributed by atoms with E-state index in [0.29, 0.717) is 18.7 Å². The molecular formula is C27H38N2O3. The molecule has 5 heteroatoms. The number of nitrogens with one attached hydrogen (secondary N) is 1. The topological polar surface area (TPSA) is 58.6 Å². The number of carbonyl (C=O) groups excluding carboxylic acids is 2. The number of carbonyl (C=O) groups is 2. The highest BCUT2D eigenvalue weighted by Gasteiger charge is 2.31. The molecule has 0 aliphatic heterocycles. The van der Waals surface area contributed by atoms with Crippen molar-refractivity contribution in [2.45, 2.75) is 78.4 Å². The molecule has 0 bridgehead atoms. The van der Waals surface area contributed by atoms with Crippen LogP contribution in [0.2, 0.25) is 0 Å². The van der Waals surface area contributed by atoms with Crippen LogP contribution in [0.3, 0.4) is 0 Å². The van der Waals surface area contributed by atoms with Gasteiger partial charge in [0.25, 0.3) is 5.91 Å². The van der Waals surface area contributed by atoms with E-state index in [2.05, 4.69) is 26.1 Å². The number of hydrogen-bond acceptors (Lipinski definition) is 3. The molecule has 0 saturated heterocycles. The van der Waals surface area contributed by atoms with Gasteiger partial charge in [0.05, 0.1) is 0 Å². The van der Waals surface area contributed by atoms with Gasteiger partial charge in [-0.05, 0) is 49.8 Å². The Hall–Kier alpha value is -2.82. The normalized spacial score (nSPS) is 12.7. The van der Waals surface area contributed by atoms with Crippen LogP contribution in [0.5, 0.6) is 5.75 Å². The molecule has 1 N–H and O–H groups in total. The first-order chi connectivity index (χ1) is 14.9. The fourth-order valence-electron chi connectivity index (χ4n) is 3.59. The fourth-order valence-corrected chi connectivity index (χ4v) is 3.59. The van der Waals surface area contributed by atoms with E-state index in [-0.39, 0.29) is 29.4 Å². The van der Waals surface area contributed by atoms with E-state index in [1.807, 2.05) is 82.3 Å². The van der Waals surface area contributed by atoms with Crippen LogP contribution in [-0.2, 0) is 21.5 Å². The average Bonchev–Trinajstić information content (AvgIpc) is 2.71. The summed E-state index contributed by atoms with van der Waals surface area (Å²) in [6.45, 7) is 14.3. The van der Waals surface area contributed by atoms with Crippen molar-refractivity contribution in [3.63, 3.8) is 0 Å². The van der Waals surface area contributed by atoms with E-state index < -0.39 is 6.04 Å². The summed E-state index contributed by atoms with van der Waals surface area (Å²) in [6.07, 6.45) is 0.513. The summed E-state index contributed by atoms with van der Waals surface area (Å²) in [4.78, 5) is 28.0. The smallest absolute Gasteiger partial charge is 0.261 e. The Labute approximate surface area is 193 Å². The Morgan fingerprint density at radius 1 is 0.938 bits per heavy atom. The Morgan fingerprint density at radius 2 is 1.53 bits per heavy atom. The van der Waals surface area contributed by atoms with Crippen LogP contribution in [0.15, 0.2) is 54.6 Å². The van der Waals surface area contributed by atoms with Gasteiger partial charge in [-0.15, -0.1) is 0 Å². The van der Waals surface area contributed by atoms with Crippen LogP contribution in [0.25, 0.3) is 0 Å². The van der Waals surface area contributed by atoms with Gasteiger partial charge in [0, 0.05) is 12.1 Å². The minimum atomic E-state index is -0.580. The van der Waals surface area contributed by atoms with Crippen molar-refractivity contribution >= 4 is 11.8 Å². The molecule has 0 saturated carbocycles. The lowest BCUT2D eigenvalue weighted by molar-refractivity contribution is -0.143. The zero-order chi connectivity index (χ0) is 23.9. The maximum Gasteiger partial charge on any atom is 0.261 e. The molecule has 0 spiro atoms. The molecule has 5 nitrogen and oxygen atoms in total. The van der Waals surface area contributed by atoms with Gasteiger partial charge >= 0.3 is 0 Å². The number of hydrogen-bond donors (Lipinski definition) is 1. The van der Waals surface area contributed by atoms with Crippen LogP contribution in [0.1, 0.15) is 66.0 Å². The predicted molar refractivity (Wildman–Crippen MR) is 130 cm³/mol. The molecule has 2 rings (SSSR count). The first-order valence-corrected chi connectivity index (χ1v) is 11.3. The van der Waals surface area contributed by atoms with E-state index in [0.717, 1.165) is 11.1 Å². The second-order valence-electron chi connectivity index (χ2n) is 10.2. The third-order valence-electron chi connectivity index (χ3n) is 5.13. The van der Waals surface area contributed by atoms with Crippen molar-refractivity contribution in [2.75, 3.05) is 6.61 Å². The molecule has 0 aliphatic carbocycles. The summed E-state index contributed by atoms with van der Waals surface area (Å²) in [5.74, 6) is 0.327. The second-order valence-corrected chi connectivity index (χ2v) is 10.2. The monoisotopic (exact) mass is 438 g/mol. The molecular weight excluding hydrogens is 400 g/mol. The van der Waals surface area contributed by atoms with Gasteiger partial charge in [-0.25, -0.2) is 0 Å². The molecule has 0 heterocycles. The Kier molecular flexibility index (Phi) is 8.48. The van der Waals surface area contributed by atoms with Gasteiger partial charge < -0.3 is 15.0 Å². The van der Waals surface area contributed by atoms with Crippen LogP contribution in [-0.4, -0.2) is 34.9 Å². The number of para-hydroxylation sites is 1. The minimum absolute atomic E-state index is 0.109. The lowest BCUT2D eigenvalue weighted by atomic mass is 9.86. The second kappa shape index (κ2) is 10.7. The van der Waals surface area contributed by atoms with E-state index in [1.165, 1.54) is 0 Å². The lowest BCUT2D eigenvalue weighted by Crippen LogP contribution is -2.54. The summed E-state index contributed by atoms with van der Waals surface area (Å²) in [5.41, 5.74) is 1.52. The molecule has 0 aromatic heterocycles. The predicted octanol–water partition coefficient (Wildman–Crippen LogP) is 5.09. The highest BCUT2D eigenvalue weighted by atomic mass is 16.5. The van der Waals surface area contributed by atoms with Gasteiger partial charge in [0.15, 0.2) is 6.61 Å². The van der Waals surface area contributed by atoms with Gasteiger partial charge in [-0.2, -0.15) is 0 Å². The summed E-state index contributed by atoms with van der Waals surface area (Å²) < 4.78 is 6.00. The van der Waals surface area contributed by atoms with Crippen LogP contribution >= 0.6 is 0 Å². The zero-order valence-electron chi connectivity index (χ0n) is 20.6. The summed E-state index contributed by atoms with van der Waals surface area (Å²) in [5, 5.41) is 3.02. The molecule has 2 aromatic carbocycles. The summed E-state index contributed by atoms with van der Waals surface area (Å²) in [6, 6.07) is 16.9. The Morgan fingerprint density at radius 3 is 2.09 bits per heavy atom. The van der Waals surface area contributed by atoms with Gasteiger partial charge in [-0.1, -0.05) is 76.2 Å². The van der Waals surface area contributed by atoms with Crippen molar-refractivity contribution in [1.82, 2.24) is 10.2 Å². The van der Waals surface area contributed by atoms with E-state index in [4.69, 9.17) is 4.74 Å². The quantitative estimate of drug-likeness (QED) is 0.625. The Bertz CT molecular complexity index is 895. The number of nitrogens with zero attached hydrogens (tertiary/aromatic N) is 1. The SMILES string of the molecule is CCC(C(=O)NC(C)(C)C)N(Cc1ccccc1)C(=O)COc1ccccc1C(C)(C)C. The maximum atomic E-state index is 13.4. The molecule has 2 amide bonds. The van der Waals surface area contributed by atoms with Crippen molar-refractivity contribution in [3.8, 4) is 5.75 Å². The number of benzene rings is 2. The summed E-state index contributed by atoms with van der Waals surface area (Å²) >= 11 is 0. The van der Waals surface area contributed by atoms with E-state index in [1.54, 1.807) is 4.90 Å². The van der Waals surface area contributed by atoms with Crippen molar-refractivity contribution in [3.05, 3.63) is 65.7 Å². The zero-order valence-corrected chi connectivity index (χ0v) is 20.6. The number of rotatable bonds is 8. The van der Waals surface area contributed by atoms with Gasteiger partial charge in [-0.3, -0.25) is 9.59 Å². The Balaban J connectivity index is 2.27. The largest absolute Gasteiger partial charge is 0.483 e. The molecule has 0 aliphatic rings. The maximum absolute atomic E-state index is 13.4. The highest BCUT2D eigenvalue weighted by molar-refractivity contribution is 5.88. The van der Waals surface area contributed by atoms with Crippen LogP contribution in [0.4, 0.5) is 0 Å². The van der Waals surface area contributed by atoms with Gasteiger partial charge in [0.1, 0.15) is 11.8 Å². The van der Waals surface area contributed by atoms with Crippen LogP contribution in [0, 0.1) is 0 Å². The third-order valence-corrected chi connectivity index (χ3v) is 5.13. The fraction of sp³-hybridized carbons (Fsp3) is 0.481. The minimum Gasteiger partial charge on any atom is -0.483 e. The highest BCUT2D eigenvalue weighted by Crippen LogP contribution is 2.31. The number of amides is 2. The molecule has 0 radical (unpaired) electrons. The third kappa shape index (κ3) is 7.40. The van der Waals surface area contributed by atoms with E-state index in [9.17, 15) is 9.59 Å². The van der Waals surface area contributed by atoms with Crippen molar-refractivity contribution in [2.24, 2.45) is 0 Å². The van der Waals surface area contributed by atoms with E-state index >= 15 is 0 Å². The van der Waals surface area contributed by atoms with Crippen LogP contribution < -0.4 is 10.1 Å². The molecule has 1 atom stereocenters. The molecule has 0 fully saturated rings. The standard InChI is InChI=1S/C27H38N2O3/c1-8-22(25(31)28-27(5,6)7)29(18-20-14-10-9-11-15-20)24(30)19-32-23-17-13-12-16-21(23)26(2,3)4/h9-17,22H,8,18-19H2,1-7H3,(H,28,31). The summed E-state index contributed by atoms with van der Waals surface area (Å²) in [7, 11) is 0. The average molecular weight is 439 g/mol. The van der Waals surface area contributed by atoms with Crippen molar-refractivity contribution < 1.29 is 14.3 Å². The molecule has 1 unspecified atom stereocenters. The first kappa shape index (κ1) is 25.4. The lowest BCUT2D eigenvalue weighted by Gasteiger charge is -2.33. The van der Waals surface area contributed by atoms with Crippen molar-refractivity contribution in [1.29, 1.82) is 0 Å². The first-order valence-electron chi connectivity index (χ1n) is 11.3. The molecule has 174 valence electrons. The molecule has 32 heavy (non-hydrogen) atoms. The number of ether oxygens (including phenoxy) is 1.